The molecule has 0 atom stereocenters. The van der Waals surface area contributed by atoms with Gasteiger partial charge in [-0.3, -0.25) is 10.1 Å². The molecule has 0 aliphatic rings. The predicted molar refractivity (Wildman–Crippen MR) is 96.6 cm³/mol. The van der Waals surface area contributed by atoms with Gasteiger partial charge in [-0.2, -0.15) is 0 Å². The number of aryl methyl sites for hydroxylation is 2. The number of aromatic nitrogens is 1. The summed E-state index contributed by atoms with van der Waals surface area (Å²) >= 11 is 1.32. The van der Waals surface area contributed by atoms with E-state index in [0.717, 1.165) is 14.5 Å². The number of nitrogens with zero attached hydrogens (tertiary/aromatic N) is 2. The van der Waals surface area contributed by atoms with Crippen LogP contribution in [0.4, 0.5) is 5.13 Å². The van der Waals surface area contributed by atoms with Crippen molar-refractivity contribution in [2.75, 3.05) is 19.4 Å². The van der Waals surface area contributed by atoms with E-state index in [1.807, 2.05) is 24.3 Å². The van der Waals surface area contributed by atoms with Crippen LogP contribution in [-0.4, -0.2) is 37.7 Å². The SMILES string of the molecule is Cc1oc(C)c(S(=O)(=O)N(C)C)c1C(=O)Nc1nc2ccccc2s1. The second kappa shape index (κ2) is 6.25. The molecule has 0 radical (unpaired) electrons. The minimum atomic E-state index is -3.82. The molecule has 0 saturated heterocycles. The summed E-state index contributed by atoms with van der Waals surface area (Å²) in [5.74, 6) is -0.133. The zero-order valence-corrected chi connectivity index (χ0v) is 15.8. The molecule has 0 unspecified atom stereocenters. The van der Waals surface area contributed by atoms with E-state index in [-0.39, 0.29) is 22.0 Å². The lowest BCUT2D eigenvalue weighted by molar-refractivity contribution is 0.102. The first-order chi connectivity index (χ1) is 11.7. The van der Waals surface area contributed by atoms with Gasteiger partial charge >= 0.3 is 0 Å². The van der Waals surface area contributed by atoms with Crippen LogP contribution < -0.4 is 5.32 Å². The van der Waals surface area contributed by atoms with Gasteiger partial charge in [0.1, 0.15) is 22.0 Å². The summed E-state index contributed by atoms with van der Waals surface area (Å²) in [6.45, 7) is 3.09. The third kappa shape index (κ3) is 3.06. The van der Waals surface area contributed by atoms with E-state index in [2.05, 4.69) is 10.3 Å². The van der Waals surface area contributed by atoms with Crippen LogP contribution in [0.2, 0.25) is 0 Å². The minimum absolute atomic E-state index is 0.00505. The predicted octanol–water partition coefficient (Wildman–Crippen LogP) is 3.01. The van der Waals surface area contributed by atoms with Crippen molar-refractivity contribution in [3.05, 3.63) is 41.3 Å². The monoisotopic (exact) mass is 379 g/mol. The van der Waals surface area contributed by atoms with Crippen molar-refractivity contribution < 1.29 is 17.6 Å². The maximum absolute atomic E-state index is 12.7. The normalized spacial score (nSPS) is 12.0. The van der Waals surface area contributed by atoms with Gasteiger partial charge in [-0.15, -0.1) is 0 Å². The lowest BCUT2D eigenvalue weighted by atomic mass is 10.2. The molecule has 3 aromatic rings. The summed E-state index contributed by atoms with van der Waals surface area (Å²) in [5, 5.41) is 3.08. The number of hydrogen-bond acceptors (Lipinski definition) is 6. The highest BCUT2D eigenvalue weighted by molar-refractivity contribution is 7.89. The molecular weight excluding hydrogens is 362 g/mol. The third-order valence-electron chi connectivity index (χ3n) is 3.69. The molecule has 2 heterocycles. The van der Waals surface area contributed by atoms with Gasteiger partial charge in [0, 0.05) is 14.1 Å². The number of fused-ring (bicyclic) bond motifs is 1. The van der Waals surface area contributed by atoms with Crippen molar-refractivity contribution >= 4 is 42.6 Å². The fraction of sp³-hybridized carbons (Fsp3) is 0.250. The Morgan fingerprint density at radius 2 is 1.88 bits per heavy atom. The molecule has 3 rings (SSSR count). The zero-order chi connectivity index (χ0) is 18.4. The van der Waals surface area contributed by atoms with Gasteiger partial charge in [0.05, 0.1) is 10.2 Å². The van der Waals surface area contributed by atoms with Crippen LogP contribution in [0.1, 0.15) is 21.9 Å². The summed E-state index contributed by atoms with van der Waals surface area (Å²) in [6.07, 6.45) is 0. The Hall–Kier alpha value is -2.23. The van der Waals surface area contributed by atoms with Gasteiger partial charge in [0.2, 0.25) is 10.0 Å². The number of anilines is 1. The van der Waals surface area contributed by atoms with Crippen molar-refractivity contribution in [3.8, 4) is 0 Å². The largest absolute Gasteiger partial charge is 0.464 e. The quantitative estimate of drug-likeness (QED) is 0.752. The number of nitrogens with one attached hydrogen (secondary N) is 1. The zero-order valence-electron chi connectivity index (χ0n) is 14.2. The fourth-order valence-corrected chi connectivity index (χ4v) is 4.63. The van der Waals surface area contributed by atoms with E-state index < -0.39 is 15.9 Å². The van der Waals surface area contributed by atoms with Crippen molar-refractivity contribution in [2.24, 2.45) is 0 Å². The topological polar surface area (TPSA) is 92.5 Å². The maximum Gasteiger partial charge on any atom is 0.262 e. The molecular formula is C16H17N3O4S2. The van der Waals surface area contributed by atoms with E-state index in [1.165, 1.54) is 32.4 Å². The number of furan rings is 1. The van der Waals surface area contributed by atoms with Crippen LogP contribution in [0, 0.1) is 13.8 Å². The smallest absolute Gasteiger partial charge is 0.262 e. The molecule has 0 fully saturated rings. The molecule has 25 heavy (non-hydrogen) atoms. The molecule has 1 N–H and O–H groups in total. The highest BCUT2D eigenvalue weighted by Gasteiger charge is 2.32. The summed E-state index contributed by atoms with van der Waals surface area (Å²) < 4.78 is 32.5. The number of amides is 1. The molecule has 0 bridgehead atoms. The second-order valence-corrected chi connectivity index (χ2v) is 8.77. The number of rotatable bonds is 4. The molecule has 9 heteroatoms. The molecule has 1 aromatic carbocycles. The van der Waals surface area contributed by atoms with Crippen LogP contribution >= 0.6 is 11.3 Å². The molecule has 7 nitrogen and oxygen atoms in total. The van der Waals surface area contributed by atoms with E-state index in [9.17, 15) is 13.2 Å². The number of hydrogen-bond donors (Lipinski definition) is 1. The van der Waals surface area contributed by atoms with Crippen LogP contribution in [0.15, 0.2) is 33.6 Å². The summed E-state index contributed by atoms with van der Waals surface area (Å²) in [4.78, 5) is 16.9. The lowest BCUT2D eigenvalue weighted by Crippen LogP contribution is -2.25. The van der Waals surface area contributed by atoms with Crippen molar-refractivity contribution in [3.63, 3.8) is 0 Å². The van der Waals surface area contributed by atoms with Crippen LogP contribution in [0.5, 0.6) is 0 Å². The highest BCUT2D eigenvalue weighted by atomic mass is 32.2. The maximum atomic E-state index is 12.7. The van der Waals surface area contributed by atoms with Gasteiger partial charge < -0.3 is 4.42 Å². The Labute approximate surface area is 149 Å². The fourth-order valence-electron chi connectivity index (χ4n) is 2.50. The van der Waals surface area contributed by atoms with Gasteiger partial charge in [0.15, 0.2) is 5.13 Å². The Kier molecular flexibility index (Phi) is 4.40. The number of thiazole rings is 1. The van der Waals surface area contributed by atoms with Crippen molar-refractivity contribution in [2.45, 2.75) is 18.7 Å². The van der Waals surface area contributed by atoms with Crippen LogP contribution in [0.25, 0.3) is 10.2 Å². The minimum Gasteiger partial charge on any atom is -0.464 e. The van der Waals surface area contributed by atoms with Crippen LogP contribution in [-0.2, 0) is 10.0 Å². The van der Waals surface area contributed by atoms with E-state index >= 15 is 0 Å². The summed E-state index contributed by atoms with van der Waals surface area (Å²) in [5.41, 5.74) is 0.773. The molecule has 0 saturated carbocycles. The number of carbonyl (C=O) groups excluding carboxylic acids is 1. The standard InChI is InChI=1S/C16H17N3O4S2/c1-9-13(14(10(2)23-9)25(21,22)19(3)4)15(20)18-16-17-11-7-5-6-8-12(11)24-16/h5-8H,1-4H3,(H,17,18,20). The van der Waals surface area contributed by atoms with Gasteiger partial charge in [-0.1, -0.05) is 23.5 Å². The molecule has 0 spiro atoms. The number of benzene rings is 1. The Morgan fingerprint density at radius 3 is 2.52 bits per heavy atom. The molecule has 132 valence electrons. The van der Waals surface area contributed by atoms with Gasteiger partial charge in [-0.05, 0) is 26.0 Å². The number of sulfonamides is 1. The first kappa shape index (κ1) is 17.6. The van der Waals surface area contributed by atoms with Crippen LogP contribution in [0.3, 0.4) is 0 Å². The molecule has 2 aromatic heterocycles. The van der Waals surface area contributed by atoms with E-state index in [4.69, 9.17) is 4.42 Å². The van der Waals surface area contributed by atoms with E-state index in [1.54, 1.807) is 6.92 Å². The molecule has 0 aliphatic heterocycles. The molecule has 1 amide bonds. The van der Waals surface area contributed by atoms with Gasteiger partial charge in [-0.25, -0.2) is 17.7 Å². The average Bonchev–Trinajstić information content (AvgIpc) is 3.06. The summed E-state index contributed by atoms with van der Waals surface area (Å²) in [6, 6.07) is 7.49. The first-order valence-corrected chi connectivity index (χ1v) is 9.67. The second-order valence-electron chi connectivity index (χ2n) is 5.65. The Balaban J connectivity index is 2.03. The summed E-state index contributed by atoms with van der Waals surface area (Å²) in [7, 11) is -0.999. The van der Waals surface area contributed by atoms with Gasteiger partial charge in [0.25, 0.3) is 5.91 Å². The number of carbonyl (C=O) groups is 1. The lowest BCUT2D eigenvalue weighted by Gasteiger charge is -2.12. The van der Waals surface area contributed by atoms with E-state index in [0.29, 0.717) is 5.13 Å². The Bertz CT molecular complexity index is 1030. The number of para-hydroxylation sites is 1. The first-order valence-electron chi connectivity index (χ1n) is 7.41. The highest BCUT2D eigenvalue weighted by Crippen LogP contribution is 2.30. The van der Waals surface area contributed by atoms with Crippen molar-refractivity contribution in [1.29, 1.82) is 0 Å². The van der Waals surface area contributed by atoms with Crippen molar-refractivity contribution in [1.82, 2.24) is 9.29 Å². The average molecular weight is 379 g/mol. The third-order valence-corrected chi connectivity index (χ3v) is 6.61. The Morgan fingerprint density at radius 1 is 1.20 bits per heavy atom. The molecule has 0 aliphatic carbocycles.